The van der Waals surface area contributed by atoms with Crippen LogP contribution >= 0.6 is 11.3 Å². The fraction of sp³-hybridized carbons (Fsp3) is 0.292. The van der Waals surface area contributed by atoms with Crippen molar-refractivity contribution in [1.82, 2.24) is 19.5 Å². The van der Waals surface area contributed by atoms with E-state index in [4.69, 9.17) is 5.10 Å². The van der Waals surface area contributed by atoms with Gasteiger partial charge in [-0.15, -0.1) is 5.10 Å². The van der Waals surface area contributed by atoms with Crippen LogP contribution in [0.5, 0.6) is 0 Å². The predicted octanol–water partition coefficient (Wildman–Crippen LogP) is 3.31. The molecule has 6 rings (SSSR count). The first kappa shape index (κ1) is 20.3. The molecule has 0 saturated carbocycles. The van der Waals surface area contributed by atoms with Gasteiger partial charge in [0.2, 0.25) is 16.0 Å². The molecule has 0 bridgehead atoms. The first-order valence-electron chi connectivity index (χ1n) is 11.1. The number of piperazine rings is 1. The summed E-state index contributed by atoms with van der Waals surface area (Å²) in [6.45, 7) is 4.52. The third-order valence-electron chi connectivity index (χ3n) is 6.36. The van der Waals surface area contributed by atoms with E-state index in [1.54, 1.807) is 28.0 Å². The molecule has 2 aromatic carbocycles. The molecule has 4 aromatic rings. The fourth-order valence-electron chi connectivity index (χ4n) is 4.55. The molecule has 7 nitrogen and oxygen atoms in total. The first-order valence-corrected chi connectivity index (χ1v) is 11.9. The number of halogens is 1. The summed E-state index contributed by atoms with van der Waals surface area (Å²) in [4.78, 5) is 24.8. The average molecular weight is 463 g/mol. The Morgan fingerprint density at radius 3 is 2.58 bits per heavy atom. The molecule has 2 aliphatic heterocycles. The summed E-state index contributed by atoms with van der Waals surface area (Å²) in [7, 11) is 0. The summed E-state index contributed by atoms with van der Waals surface area (Å²) in [5.74, 6) is -0.0827. The molecule has 1 fully saturated rings. The topological polar surface area (TPSA) is 57.0 Å². The fourth-order valence-corrected chi connectivity index (χ4v) is 5.48. The highest BCUT2D eigenvalue weighted by Gasteiger charge is 2.27. The van der Waals surface area contributed by atoms with Gasteiger partial charge in [0.15, 0.2) is 0 Å². The number of amides is 1. The minimum atomic E-state index is -0.258. The van der Waals surface area contributed by atoms with Crippen LogP contribution in [0.3, 0.4) is 0 Å². The normalized spacial score (nSPS) is 16.5. The minimum absolute atomic E-state index is 0.175. The number of carbonyl (C=O) groups excluding carboxylic acids is 1. The van der Waals surface area contributed by atoms with E-state index >= 15 is 0 Å². The number of aromatic nitrogens is 3. The minimum Gasteiger partial charge on any atom is -0.344 e. The number of fused-ring (bicyclic) bond motifs is 2. The lowest BCUT2D eigenvalue weighted by molar-refractivity contribution is -0.119. The van der Waals surface area contributed by atoms with Crippen molar-refractivity contribution in [3.05, 3.63) is 66.1 Å². The number of imidazole rings is 1. The Hall–Kier alpha value is -3.30. The molecule has 33 heavy (non-hydrogen) atoms. The lowest BCUT2D eigenvalue weighted by Gasteiger charge is -2.34. The van der Waals surface area contributed by atoms with Gasteiger partial charge < -0.3 is 9.80 Å². The Kier molecular flexibility index (Phi) is 5.07. The Morgan fingerprint density at radius 1 is 1.00 bits per heavy atom. The maximum atomic E-state index is 13.2. The molecule has 0 spiro atoms. The quantitative estimate of drug-likeness (QED) is 0.466. The number of rotatable bonds is 4. The average Bonchev–Trinajstić information content (AvgIpc) is 3.53. The third kappa shape index (κ3) is 3.87. The van der Waals surface area contributed by atoms with Crippen LogP contribution in [0.15, 0.2) is 54.7 Å². The van der Waals surface area contributed by atoms with Gasteiger partial charge in [0, 0.05) is 44.0 Å². The molecule has 1 amide bonds. The standard InChI is InChI=1S/C24H23FN6OS/c25-19-7-5-17(6-8-19)20-15-31-23(26-20)33-24(27-31)29-13-11-28(12-14-29)16-22(32)30-10-9-18-3-1-2-4-21(18)30/h1-8,15H,9-14,16H2. The highest BCUT2D eigenvalue weighted by atomic mass is 32.1. The zero-order valence-electron chi connectivity index (χ0n) is 18.0. The molecule has 2 aromatic heterocycles. The molecule has 0 aliphatic carbocycles. The maximum absolute atomic E-state index is 13.2. The van der Waals surface area contributed by atoms with Gasteiger partial charge >= 0.3 is 0 Å². The van der Waals surface area contributed by atoms with Gasteiger partial charge in [0.1, 0.15) is 5.82 Å². The molecule has 0 radical (unpaired) electrons. The van der Waals surface area contributed by atoms with E-state index in [0.717, 1.165) is 66.2 Å². The summed E-state index contributed by atoms with van der Waals surface area (Å²) >= 11 is 1.55. The Balaban J connectivity index is 1.08. The number of carbonyl (C=O) groups is 1. The number of benzene rings is 2. The zero-order valence-corrected chi connectivity index (χ0v) is 18.8. The zero-order chi connectivity index (χ0) is 22.4. The highest BCUT2D eigenvalue weighted by molar-refractivity contribution is 7.20. The summed E-state index contributed by atoms with van der Waals surface area (Å²) in [5.41, 5.74) is 3.97. The Labute approximate surface area is 194 Å². The van der Waals surface area contributed by atoms with Crippen molar-refractivity contribution in [2.45, 2.75) is 6.42 Å². The molecular weight excluding hydrogens is 439 g/mol. The van der Waals surface area contributed by atoms with Gasteiger partial charge in [-0.05, 0) is 42.3 Å². The first-order chi connectivity index (χ1) is 16.1. The number of hydrogen-bond acceptors (Lipinski definition) is 6. The molecule has 4 heterocycles. The third-order valence-corrected chi connectivity index (χ3v) is 7.35. The summed E-state index contributed by atoms with van der Waals surface area (Å²) < 4.78 is 15.0. The van der Waals surface area contributed by atoms with Crippen molar-refractivity contribution in [1.29, 1.82) is 0 Å². The van der Waals surface area contributed by atoms with Gasteiger partial charge in [-0.25, -0.2) is 13.9 Å². The van der Waals surface area contributed by atoms with Gasteiger partial charge in [-0.3, -0.25) is 9.69 Å². The van der Waals surface area contributed by atoms with Crippen molar-refractivity contribution in [2.75, 3.05) is 49.1 Å². The van der Waals surface area contributed by atoms with E-state index in [9.17, 15) is 9.18 Å². The molecule has 0 atom stereocenters. The second-order valence-corrected chi connectivity index (χ2v) is 9.37. The van der Waals surface area contributed by atoms with E-state index in [2.05, 4.69) is 20.9 Å². The summed E-state index contributed by atoms with van der Waals surface area (Å²) in [6.07, 6.45) is 2.82. The predicted molar refractivity (Wildman–Crippen MR) is 127 cm³/mol. The van der Waals surface area contributed by atoms with Gasteiger partial charge in [0.25, 0.3) is 0 Å². The molecular formula is C24H23FN6OS. The monoisotopic (exact) mass is 462 g/mol. The van der Waals surface area contributed by atoms with Crippen molar-refractivity contribution >= 4 is 33.0 Å². The van der Waals surface area contributed by atoms with Gasteiger partial charge in [-0.1, -0.05) is 29.5 Å². The number of hydrogen-bond donors (Lipinski definition) is 0. The molecule has 0 N–H and O–H groups in total. The SMILES string of the molecule is O=C(CN1CCN(c2nn3cc(-c4ccc(F)cc4)nc3s2)CC1)N1CCc2ccccc21. The van der Waals surface area contributed by atoms with Crippen LogP contribution in [-0.4, -0.2) is 64.7 Å². The van der Waals surface area contributed by atoms with Crippen molar-refractivity contribution in [3.8, 4) is 11.3 Å². The molecule has 1 saturated heterocycles. The van der Waals surface area contributed by atoms with Crippen LogP contribution < -0.4 is 9.80 Å². The van der Waals surface area contributed by atoms with Crippen molar-refractivity contribution in [2.24, 2.45) is 0 Å². The number of para-hydroxylation sites is 1. The second kappa shape index (κ2) is 8.24. The number of nitrogens with zero attached hydrogens (tertiary/aromatic N) is 6. The van der Waals surface area contributed by atoms with E-state index in [-0.39, 0.29) is 11.7 Å². The summed E-state index contributed by atoms with van der Waals surface area (Å²) in [6, 6.07) is 14.5. The number of anilines is 2. The van der Waals surface area contributed by atoms with E-state index in [0.29, 0.717) is 6.54 Å². The van der Waals surface area contributed by atoms with E-state index < -0.39 is 0 Å². The largest absolute Gasteiger partial charge is 0.344 e. The molecule has 2 aliphatic rings. The molecule has 0 unspecified atom stereocenters. The van der Waals surface area contributed by atoms with Crippen molar-refractivity contribution in [3.63, 3.8) is 0 Å². The lowest BCUT2D eigenvalue weighted by atomic mass is 10.2. The van der Waals surface area contributed by atoms with E-state index in [1.165, 1.54) is 17.7 Å². The second-order valence-electron chi connectivity index (χ2n) is 8.43. The molecule has 9 heteroatoms. The van der Waals surface area contributed by atoms with Crippen LogP contribution in [0.25, 0.3) is 16.2 Å². The highest BCUT2D eigenvalue weighted by Crippen LogP contribution is 2.29. The Bertz CT molecular complexity index is 1280. The van der Waals surface area contributed by atoms with Crippen molar-refractivity contribution < 1.29 is 9.18 Å². The Morgan fingerprint density at radius 2 is 1.79 bits per heavy atom. The van der Waals surface area contributed by atoms with Crippen LogP contribution in [0.2, 0.25) is 0 Å². The maximum Gasteiger partial charge on any atom is 0.241 e. The summed E-state index contributed by atoms with van der Waals surface area (Å²) in [5, 5.41) is 5.64. The van der Waals surface area contributed by atoms with Gasteiger partial charge in [0.05, 0.1) is 18.4 Å². The van der Waals surface area contributed by atoms with Crippen LogP contribution in [0, 0.1) is 5.82 Å². The molecule has 168 valence electrons. The van der Waals surface area contributed by atoms with Crippen LogP contribution in [0.4, 0.5) is 15.2 Å². The van der Waals surface area contributed by atoms with Crippen LogP contribution in [0.1, 0.15) is 5.56 Å². The van der Waals surface area contributed by atoms with Crippen LogP contribution in [-0.2, 0) is 11.2 Å². The van der Waals surface area contributed by atoms with Gasteiger partial charge in [-0.2, -0.15) is 0 Å². The lowest BCUT2D eigenvalue weighted by Crippen LogP contribution is -2.50. The smallest absolute Gasteiger partial charge is 0.241 e. The van der Waals surface area contributed by atoms with E-state index in [1.807, 2.05) is 29.3 Å².